The normalized spacial score (nSPS) is 42.1. The van der Waals surface area contributed by atoms with Gasteiger partial charge in [0.2, 0.25) is 8.65 Å². The molecule has 0 spiro atoms. The van der Waals surface area contributed by atoms with Crippen LogP contribution in [0, 0.1) is 35.0 Å². The highest BCUT2D eigenvalue weighted by Gasteiger charge is 2.53. The number of carbonyl (C=O) groups excluding carboxylic acids is 1. The van der Waals surface area contributed by atoms with Gasteiger partial charge in [0.25, 0.3) is 0 Å². The second kappa shape index (κ2) is 26.7. The number of aliphatic hydroxyl groups excluding tert-OH is 3. The maximum absolute atomic E-state index is 14.6. The van der Waals surface area contributed by atoms with Crippen molar-refractivity contribution in [3.05, 3.63) is 10.4 Å². The third-order valence-electron chi connectivity index (χ3n) is 13.8. The molecule has 0 aromatic carbocycles. The second-order valence-corrected chi connectivity index (χ2v) is 20.5. The molecule has 1 aliphatic carbocycles. The summed E-state index contributed by atoms with van der Waals surface area (Å²) >= 11 is 7.06. The van der Waals surface area contributed by atoms with Crippen LogP contribution in [0.2, 0.25) is 0 Å². The van der Waals surface area contributed by atoms with Crippen LogP contribution in [0.25, 0.3) is 10.4 Å². The van der Waals surface area contributed by atoms with Crippen LogP contribution in [0.5, 0.6) is 0 Å². The SMILES string of the molecule is CS.CS.[3H]OC1C(C)CC(C)OC1O[C@@H]1[C@@H](C)[C@H](OC2CC(C)(C)C(O[3H])C(C)O2)[C@@H](C)C(=O)O[C@H](CCN=[N+]=[N-])[C@@](C)(O)[C@H](O)[C@@H](C)/C(=N\OC2(OC(C)C)CCCCC2)[C@H](C)C[C@@]1(C)O. The van der Waals surface area contributed by atoms with E-state index in [1.807, 2.05) is 48.5 Å². The molecule has 17 nitrogen and oxygen atoms in total. The summed E-state index contributed by atoms with van der Waals surface area (Å²) in [4.78, 5) is 23.9. The summed E-state index contributed by atoms with van der Waals surface area (Å²) in [5, 5.41) is 56.3. The van der Waals surface area contributed by atoms with Crippen molar-refractivity contribution in [3.8, 4) is 0 Å². The first-order chi connectivity index (χ1) is 31.8. The molecule has 4 aliphatic rings. The molecule has 386 valence electrons. The summed E-state index contributed by atoms with van der Waals surface area (Å²) in [6, 6.07) is 0. The van der Waals surface area contributed by atoms with Gasteiger partial charge in [-0.3, -0.25) is 4.79 Å². The number of esters is 1. The Kier molecular flexibility index (Phi) is 23.1. The average molecular weight is 985 g/mol. The van der Waals surface area contributed by atoms with Crippen LogP contribution >= 0.6 is 25.3 Å². The number of nitrogens with zero attached hydrogens (tertiary/aromatic N) is 4. The van der Waals surface area contributed by atoms with E-state index in [9.17, 15) is 25.6 Å². The van der Waals surface area contributed by atoms with Crippen molar-refractivity contribution in [3.63, 3.8) is 0 Å². The molecular weight excluding hydrogens is 893 g/mol. The molecular formula is C47H88N4O13S2. The van der Waals surface area contributed by atoms with Crippen molar-refractivity contribution in [1.29, 1.82) is 2.86 Å². The van der Waals surface area contributed by atoms with E-state index >= 15 is 0 Å². The lowest BCUT2D eigenvalue weighted by atomic mass is 9.73. The minimum Gasteiger partial charge on any atom is -0.459 e. The summed E-state index contributed by atoms with van der Waals surface area (Å²) < 4.78 is 54.6. The van der Waals surface area contributed by atoms with Crippen LogP contribution in [0.4, 0.5) is 0 Å². The van der Waals surface area contributed by atoms with Crippen LogP contribution in [0.15, 0.2) is 10.3 Å². The molecule has 66 heavy (non-hydrogen) atoms. The maximum atomic E-state index is 14.6. The smallest absolute Gasteiger partial charge is 0.311 e. The van der Waals surface area contributed by atoms with Crippen molar-refractivity contribution in [2.45, 2.75) is 232 Å². The van der Waals surface area contributed by atoms with Gasteiger partial charge in [0.15, 0.2) is 12.6 Å². The van der Waals surface area contributed by atoms with Crippen molar-refractivity contribution in [1.82, 2.24) is 0 Å². The Labute approximate surface area is 409 Å². The number of ether oxygens (including phenoxy) is 6. The third-order valence-corrected chi connectivity index (χ3v) is 13.8. The summed E-state index contributed by atoms with van der Waals surface area (Å²) in [6.45, 7) is 23.1. The molecule has 19 heteroatoms. The van der Waals surface area contributed by atoms with E-state index in [1.165, 1.54) is 6.92 Å². The first-order valence-electron chi connectivity index (χ1n) is 24.7. The second-order valence-electron chi connectivity index (χ2n) is 20.5. The van der Waals surface area contributed by atoms with Gasteiger partial charge in [-0.25, -0.2) is 0 Å². The van der Waals surface area contributed by atoms with Gasteiger partial charge in [0, 0.05) is 48.5 Å². The Morgan fingerprint density at radius 3 is 2.11 bits per heavy atom. The fourth-order valence-corrected chi connectivity index (χ4v) is 10.3. The van der Waals surface area contributed by atoms with E-state index in [-0.39, 0.29) is 43.9 Å². The van der Waals surface area contributed by atoms with Crippen LogP contribution in [-0.4, -0.2) is 144 Å². The zero-order valence-corrected chi connectivity index (χ0v) is 44.2. The quantitative estimate of drug-likeness (QED) is 0.0181. The standard InChI is InChI=1S/C45H80N4O13.2CH4S/c1-24(2)61-45(18-15-14-16-19-45)62-48-34-26(4)22-43(12,54)39(60-41-35(50)25(3)21-27(5)56-41)29(7)36(59-33-23-42(10,11)38(52)31(9)57-33)30(8)40(53)58-32(17-20-47-49-46)44(13,55)37(51)28(34)6;2*1-2/h24-33,35-39,41,50-52,54-55H,14-23H2,1-13H3;2*2H,1H3/b48-34-;;/t25?,26-,27?,28+,29+,30-,31?,32-,33?,35?,36+,37-,38?,39-,41?,43-,44-;;/m1../s1/i50T,52T;;. The predicted octanol–water partition coefficient (Wildman–Crippen LogP) is 7.38. The highest BCUT2D eigenvalue weighted by Crippen LogP contribution is 2.43. The fourth-order valence-electron chi connectivity index (χ4n) is 10.3. The molecule has 0 amide bonds. The van der Waals surface area contributed by atoms with Crippen molar-refractivity contribution in [2.24, 2.45) is 45.3 Å². The average Bonchev–Trinajstić information content (AvgIpc) is 3.26. The Balaban J connectivity index is 0.00000386. The molecule has 4 fully saturated rings. The van der Waals surface area contributed by atoms with Crippen LogP contribution < -0.4 is 0 Å². The van der Waals surface area contributed by atoms with Gasteiger partial charge >= 0.3 is 5.97 Å². The van der Waals surface area contributed by atoms with Gasteiger partial charge < -0.3 is 58.8 Å². The Hall–Kier alpha value is -1.45. The number of hydrogen-bond donors (Lipinski definition) is 7. The van der Waals surface area contributed by atoms with E-state index in [1.54, 1.807) is 47.1 Å². The first-order valence-corrected chi connectivity index (χ1v) is 25.7. The van der Waals surface area contributed by atoms with E-state index in [0.717, 1.165) is 19.3 Å². The molecule has 3 aliphatic heterocycles. The number of rotatable bonds is 13. The largest absolute Gasteiger partial charge is 0.459 e. The van der Waals surface area contributed by atoms with Crippen LogP contribution in [0.3, 0.4) is 0 Å². The lowest BCUT2D eigenvalue weighted by Gasteiger charge is -2.48. The Morgan fingerprint density at radius 2 is 1.55 bits per heavy atom. The van der Waals surface area contributed by atoms with Gasteiger partial charge in [-0.15, -0.1) is 0 Å². The topological polar surface area (TPSA) is 244 Å². The number of hydrogen-bond acceptors (Lipinski definition) is 17. The van der Waals surface area contributed by atoms with E-state index < -0.39 is 107 Å². The number of azide groups is 1. The lowest BCUT2D eigenvalue weighted by molar-refractivity contribution is -0.312. The van der Waals surface area contributed by atoms with Gasteiger partial charge in [-0.05, 0) is 110 Å². The monoisotopic (exact) mass is 985 g/mol. The van der Waals surface area contributed by atoms with Gasteiger partial charge in [-0.2, -0.15) is 25.3 Å². The lowest BCUT2D eigenvalue weighted by Crippen LogP contribution is -2.59. The fraction of sp³-hybridized carbons (Fsp3) is 0.957. The first kappa shape index (κ1) is 57.1. The van der Waals surface area contributed by atoms with E-state index in [0.29, 0.717) is 25.0 Å². The molecule has 0 aromatic heterocycles. The molecule has 5 N–H and O–H groups in total. The minimum absolute atomic E-state index is 0.0377. The minimum atomic E-state index is -2.13. The number of oxime groups is 1. The predicted molar refractivity (Wildman–Crippen MR) is 260 cm³/mol. The number of thiol groups is 2. The Bertz CT molecular complexity index is 1590. The molecule has 0 radical (unpaired) electrons. The molecule has 4 rings (SSSR count). The van der Waals surface area contributed by atoms with Crippen molar-refractivity contribution >= 4 is 36.9 Å². The third kappa shape index (κ3) is 15.8. The van der Waals surface area contributed by atoms with Crippen LogP contribution in [0.1, 0.15) is 148 Å². The summed E-state index contributed by atoms with van der Waals surface area (Å²) in [5.74, 6) is -5.59. The number of carbonyl (C=O) groups is 1. The molecule has 7 unspecified atom stereocenters. The number of cyclic esters (lactones) is 1. The van der Waals surface area contributed by atoms with Crippen molar-refractivity contribution < 1.29 is 63.6 Å². The van der Waals surface area contributed by atoms with Gasteiger partial charge in [0.05, 0.1) is 60.0 Å². The van der Waals surface area contributed by atoms with Gasteiger partial charge in [0.1, 0.15) is 17.8 Å². The van der Waals surface area contributed by atoms with Gasteiger partial charge in [-0.1, -0.05) is 58.2 Å². The highest BCUT2D eigenvalue weighted by atomic mass is 32.1. The molecule has 0 bridgehead atoms. The number of aliphatic hydroxyl groups is 5. The van der Waals surface area contributed by atoms with E-state index in [2.05, 4.69) is 35.3 Å². The summed E-state index contributed by atoms with van der Waals surface area (Å²) in [6.07, 6.45) is -1.79. The molecule has 17 atom stereocenters. The summed E-state index contributed by atoms with van der Waals surface area (Å²) in [5.41, 5.74) is 4.97. The Morgan fingerprint density at radius 1 is 0.909 bits per heavy atom. The molecule has 3 saturated heterocycles. The summed E-state index contributed by atoms with van der Waals surface area (Å²) in [7, 11) is 0. The highest BCUT2D eigenvalue weighted by molar-refractivity contribution is 7.79. The van der Waals surface area contributed by atoms with E-state index in [4.69, 9.17) is 51.5 Å². The zero-order chi connectivity index (χ0) is 51.9. The molecule has 1 saturated carbocycles. The molecule has 0 aromatic rings. The molecule has 3 heterocycles. The van der Waals surface area contributed by atoms with Crippen molar-refractivity contribution in [2.75, 3.05) is 19.1 Å². The van der Waals surface area contributed by atoms with Crippen LogP contribution in [-0.2, 0) is 38.1 Å². The maximum Gasteiger partial charge on any atom is 0.311 e. The zero-order valence-electron chi connectivity index (χ0n) is 44.4.